The summed E-state index contributed by atoms with van der Waals surface area (Å²) in [5, 5.41) is 10.2. The Morgan fingerprint density at radius 1 is 0.569 bits per heavy atom. The normalized spacial score (nSPS) is 14.8. The summed E-state index contributed by atoms with van der Waals surface area (Å²) in [4.78, 5) is 134. The van der Waals surface area contributed by atoms with E-state index in [1.54, 1.807) is 13.8 Å². The molecule has 0 aromatic rings. The molecule has 1 heterocycles. The van der Waals surface area contributed by atoms with E-state index in [1.165, 1.54) is 40.3 Å². The van der Waals surface area contributed by atoms with Crippen LogP contribution in [-0.2, 0) is 47.9 Å². The SMILES string of the molecule is CC(C)[C@@H](NC(=O)[C@@H](C)NC(=O)CCCCCN=C(N)N)C(=O)NC(CSCCC(=O)N1CN(C(=O)CCCCC(=O)N[C@H](C)C(N)=O)CN(C(=O)CCS[C@@H](C)CC(N)=O)C1)C(N)=O. The first-order valence-corrected chi connectivity index (χ1v) is 23.9. The molecule has 1 rings (SSSR count). The van der Waals surface area contributed by atoms with Crippen LogP contribution in [0, 0.1) is 5.92 Å². The number of carbonyl (C=O) groups is 10. The number of nitrogens with two attached hydrogens (primary N) is 5. The number of rotatable bonds is 31. The highest BCUT2D eigenvalue weighted by Crippen LogP contribution is 2.19. The molecule has 368 valence electrons. The molecule has 14 N–H and O–H groups in total. The maximum Gasteiger partial charge on any atom is 0.243 e. The van der Waals surface area contributed by atoms with Gasteiger partial charge in [-0.25, -0.2) is 0 Å². The Hall–Kier alpha value is -5.33. The van der Waals surface area contributed by atoms with Gasteiger partial charge in [0.05, 0.1) is 20.0 Å². The summed E-state index contributed by atoms with van der Waals surface area (Å²) >= 11 is 2.56. The minimum atomic E-state index is -1.16. The lowest BCUT2D eigenvalue weighted by atomic mass is 10.0. The third kappa shape index (κ3) is 24.5. The lowest BCUT2D eigenvalue weighted by Crippen LogP contribution is -2.59. The number of hydrogen-bond acceptors (Lipinski definition) is 13. The molecule has 10 amide bonds. The van der Waals surface area contributed by atoms with Crippen LogP contribution in [0.3, 0.4) is 0 Å². The van der Waals surface area contributed by atoms with E-state index in [1.807, 2.05) is 6.92 Å². The van der Waals surface area contributed by atoms with Crippen molar-refractivity contribution in [3.8, 4) is 0 Å². The van der Waals surface area contributed by atoms with Gasteiger partial charge in [-0.15, -0.1) is 0 Å². The summed E-state index contributed by atoms with van der Waals surface area (Å²) < 4.78 is 0. The third-order valence-electron chi connectivity index (χ3n) is 9.92. The molecule has 1 saturated heterocycles. The minimum Gasteiger partial charge on any atom is -0.370 e. The van der Waals surface area contributed by atoms with Crippen LogP contribution in [-0.4, -0.2) is 153 Å². The molecule has 65 heavy (non-hydrogen) atoms. The van der Waals surface area contributed by atoms with Crippen LogP contribution in [0.5, 0.6) is 0 Å². The number of unbranched alkanes of at least 4 members (excludes halogenated alkanes) is 3. The van der Waals surface area contributed by atoms with E-state index in [0.717, 1.165) is 11.8 Å². The number of amides is 10. The van der Waals surface area contributed by atoms with Crippen molar-refractivity contribution in [1.29, 1.82) is 0 Å². The molecular weight excluding hydrogens is 887 g/mol. The van der Waals surface area contributed by atoms with E-state index in [0.29, 0.717) is 44.4 Å². The predicted molar refractivity (Wildman–Crippen MR) is 247 cm³/mol. The summed E-state index contributed by atoms with van der Waals surface area (Å²) in [6.45, 7) is 8.36. The van der Waals surface area contributed by atoms with Crippen molar-refractivity contribution < 1.29 is 47.9 Å². The predicted octanol–water partition coefficient (Wildman–Crippen LogP) is -2.13. The van der Waals surface area contributed by atoms with Gasteiger partial charge in [0.2, 0.25) is 59.1 Å². The van der Waals surface area contributed by atoms with Crippen LogP contribution >= 0.6 is 23.5 Å². The van der Waals surface area contributed by atoms with E-state index < -0.39 is 59.6 Å². The molecule has 1 fully saturated rings. The first kappa shape index (κ1) is 57.7. The van der Waals surface area contributed by atoms with Gasteiger partial charge in [0, 0.05) is 67.6 Å². The molecule has 0 aromatic heterocycles. The topological polar surface area (TPSA) is 371 Å². The van der Waals surface area contributed by atoms with Gasteiger partial charge in [-0.1, -0.05) is 27.2 Å². The molecule has 1 aliphatic heterocycles. The third-order valence-corrected chi connectivity index (χ3v) is 12.2. The zero-order valence-corrected chi connectivity index (χ0v) is 39.9. The van der Waals surface area contributed by atoms with Crippen molar-refractivity contribution in [1.82, 2.24) is 36.0 Å². The van der Waals surface area contributed by atoms with Crippen LogP contribution in [0.2, 0.25) is 0 Å². The Balaban J connectivity index is 2.84. The smallest absolute Gasteiger partial charge is 0.243 e. The molecule has 0 spiro atoms. The summed E-state index contributed by atoms with van der Waals surface area (Å²) in [7, 11) is 0. The highest BCUT2D eigenvalue weighted by atomic mass is 32.2. The lowest BCUT2D eigenvalue weighted by molar-refractivity contribution is -0.158. The van der Waals surface area contributed by atoms with Gasteiger partial charge in [0.1, 0.15) is 24.2 Å². The Morgan fingerprint density at radius 2 is 1.08 bits per heavy atom. The van der Waals surface area contributed by atoms with Crippen LogP contribution < -0.4 is 49.9 Å². The number of thioether (sulfide) groups is 2. The first-order valence-electron chi connectivity index (χ1n) is 21.7. The molecule has 23 nitrogen and oxygen atoms in total. The zero-order valence-electron chi connectivity index (χ0n) is 38.3. The highest BCUT2D eigenvalue weighted by molar-refractivity contribution is 8.00. The van der Waals surface area contributed by atoms with Crippen LogP contribution in [0.25, 0.3) is 0 Å². The Morgan fingerprint density at radius 3 is 1.58 bits per heavy atom. The molecule has 5 atom stereocenters. The number of hydrogen-bond donors (Lipinski definition) is 9. The number of primary amides is 3. The van der Waals surface area contributed by atoms with E-state index in [4.69, 9.17) is 28.7 Å². The Labute approximate surface area is 389 Å². The molecule has 0 radical (unpaired) electrons. The maximum absolute atomic E-state index is 13.5. The first-order chi connectivity index (χ1) is 30.5. The van der Waals surface area contributed by atoms with Gasteiger partial charge in [-0.3, -0.25) is 52.9 Å². The Kier molecular flexibility index (Phi) is 27.3. The summed E-state index contributed by atoms with van der Waals surface area (Å²) in [6.07, 6.45) is 3.05. The second-order valence-electron chi connectivity index (χ2n) is 16.2. The van der Waals surface area contributed by atoms with Crippen LogP contribution in [0.4, 0.5) is 0 Å². The van der Waals surface area contributed by atoms with Crippen LogP contribution in [0.1, 0.15) is 105 Å². The monoisotopic (exact) mass is 957 g/mol. The fraction of sp³-hybridized carbons (Fsp3) is 0.725. The molecule has 0 aromatic carbocycles. The summed E-state index contributed by atoms with van der Waals surface area (Å²) in [5.41, 5.74) is 26.7. The van der Waals surface area contributed by atoms with Gasteiger partial charge in [-0.2, -0.15) is 23.5 Å². The van der Waals surface area contributed by atoms with Crippen molar-refractivity contribution in [3.05, 3.63) is 0 Å². The van der Waals surface area contributed by atoms with Crippen molar-refractivity contribution >= 4 is 88.6 Å². The minimum absolute atomic E-state index is 0.00310. The maximum atomic E-state index is 13.5. The number of nitrogens with one attached hydrogen (secondary N) is 4. The van der Waals surface area contributed by atoms with Crippen molar-refractivity contribution in [2.24, 2.45) is 39.6 Å². The largest absolute Gasteiger partial charge is 0.370 e. The van der Waals surface area contributed by atoms with Gasteiger partial charge in [0.25, 0.3) is 0 Å². The average Bonchev–Trinajstić information content (AvgIpc) is 3.22. The molecule has 0 bridgehead atoms. The zero-order chi connectivity index (χ0) is 49.2. The van der Waals surface area contributed by atoms with E-state index >= 15 is 0 Å². The second-order valence-corrected chi connectivity index (χ2v) is 18.8. The number of aliphatic imine (C=N–C) groups is 1. The van der Waals surface area contributed by atoms with E-state index in [2.05, 4.69) is 26.3 Å². The van der Waals surface area contributed by atoms with Crippen molar-refractivity contribution in [2.75, 3.05) is 43.8 Å². The van der Waals surface area contributed by atoms with Gasteiger partial charge in [0.15, 0.2) is 5.96 Å². The number of carbonyl (C=O) groups excluding carboxylic acids is 10. The van der Waals surface area contributed by atoms with Gasteiger partial charge in [-0.05, 0) is 45.4 Å². The standard InChI is InChI=1S/C40H71N13O10S2/c1-24(2)35(50-38(62)27(5)48-31(56)11-7-6-10-16-46-40(44)45)39(63)49-28(37(43)61)20-64-17-14-33(58)52-21-51(32(57)13-9-8-12-30(55)47-26(4)36(42)60)22-53(23-52)34(59)15-18-65-25(3)19-29(41)54/h24-28,35H,6-23H2,1-5H3,(H2,41,54)(H2,42,60)(H2,43,61)(H,47,55)(H,48,56)(H,49,63)(H,50,62)(H4,44,45,46)/t25-,26+,27+,28?,35+/m0/s1. The van der Waals surface area contributed by atoms with Gasteiger partial charge >= 0.3 is 0 Å². The van der Waals surface area contributed by atoms with E-state index in [-0.39, 0.29) is 111 Å². The fourth-order valence-corrected chi connectivity index (χ4v) is 8.07. The second kappa shape index (κ2) is 30.7. The van der Waals surface area contributed by atoms with Crippen LogP contribution in [0.15, 0.2) is 4.99 Å². The number of guanidine groups is 1. The number of nitrogens with zero attached hydrogens (tertiary/aromatic N) is 4. The quantitative estimate of drug-likeness (QED) is 0.0204. The summed E-state index contributed by atoms with van der Waals surface area (Å²) in [6, 6.07) is -4.03. The molecule has 25 heteroatoms. The average molecular weight is 958 g/mol. The van der Waals surface area contributed by atoms with E-state index in [9.17, 15) is 47.9 Å². The molecule has 1 unspecified atom stereocenters. The van der Waals surface area contributed by atoms with Crippen molar-refractivity contribution in [3.63, 3.8) is 0 Å². The molecule has 0 saturated carbocycles. The summed E-state index contributed by atoms with van der Waals surface area (Å²) in [5.74, 6) is -4.89. The fourth-order valence-electron chi connectivity index (χ4n) is 6.13. The molecular formula is C40H71N13O10S2. The molecule has 0 aliphatic carbocycles. The Bertz CT molecular complexity index is 1680. The van der Waals surface area contributed by atoms with Gasteiger partial charge < -0.3 is 64.6 Å². The lowest BCUT2D eigenvalue weighted by Gasteiger charge is -2.42. The molecule has 1 aliphatic rings. The highest BCUT2D eigenvalue weighted by Gasteiger charge is 2.33. The van der Waals surface area contributed by atoms with Crippen molar-refractivity contribution in [2.45, 2.75) is 135 Å².